The van der Waals surface area contributed by atoms with Gasteiger partial charge in [-0.1, -0.05) is 6.92 Å². The van der Waals surface area contributed by atoms with Gasteiger partial charge in [0, 0.05) is 19.1 Å². The number of rotatable bonds is 4. The molecule has 2 aliphatic rings. The van der Waals surface area contributed by atoms with Crippen LogP contribution in [0.3, 0.4) is 0 Å². The third-order valence-electron chi connectivity index (χ3n) is 4.40. The topological polar surface area (TPSA) is 67.6 Å². The second kappa shape index (κ2) is 5.55. The van der Waals surface area contributed by atoms with E-state index in [4.69, 9.17) is 10.5 Å². The zero-order valence-corrected chi connectivity index (χ0v) is 11.4. The number of nitrogens with zero attached hydrogens (tertiary/aromatic N) is 1. The van der Waals surface area contributed by atoms with E-state index in [0.717, 1.165) is 26.2 Å². The van der Waals surface area contributed by atoms with Gasteiger partial charge in [0.05, 0.1) is 18.6 Å². The van der Waals surface area contributed by atoms with Crippen LogP contribution in [0.25, 0.3) is 0 Å². The Morgan fingerprint density at radius 3 is 2.94 bits per heavy atom. The van der Waals surface area contributed by atoms with E-state index in [1.54, 1.807) is 0 Å². The lowest BCUT2D eigenvalue weighted by molar-refractivity contribution is -0.130. The molecule has 2 fully saturated rings. The van der Waals surface area contributed by atoms with E-state index in [1.807, 2.05) is 6.92 Å². The van der Waals surface area contributed by atoms with Crippen LogP contribution in [0.4, 0.5) is 0 Å². The predicted molar refractivity (Wildman–Crippen MR) is 70.1 cm³/mol. The van der Waals surface area contributed by atoms with Crippen molar-refractivity contribution in [2.24, 2.45) is 17.1 Å². The summed E-state index contributed by atoms with van der Waals surface area (Å²) in [5.74, 6) is 0.624. The zero-order chi connectivity index (χ0) is 13.2. The molecule has 0 saturated carbocycles. The lowest BCUT2D eigenvalue weighted by Crippen LogP contribution is -2.50. The maximum Gasteiger partial charge on any atom is 0.229 e. The quantitative estimate of drug-likeness (QED) is 0.730. The fourth-order valence-electron chi connectivity index (χ4n) is 2.73. The normalized spacial score (nSPS) is 37.1. The van der Waals surface area contributed by atoms with Gasteiger partial charge in [0.1, 0.15) is 0 Å². The number of amides is 1. The first-order valence-electron chi connectivity index (χ1n) is 6.90. The van der Waals surface area contributed by atoms with Gasteiger partial charge in [-0.2, -0.15) is 0 Å². The van der Waals surface area contributed by atoms with Crippen LogP contribution < -0.4 is 11.1 Å². The van der Waals surface area contributed by atoms with Gasteiger partial charge in [-0.05, 0) is 32.4 Å². The highest BCUT2D eigenvalue weighted by Crippen LogP contribution is 2.27. The third-order valence-corrected chi connectivity index (χ3v) is 4.40. The lowest BCUT2D eigenvalue weighted by Gasteiger charge is -2.26. The Hall–Kier alpha value is -0.650. The van der Waals surface area contributed by atoms with E-state index in [0.29, 0.717) is 19.1 Å². The van der Waals surface area contributed by atoms with E-state index < -0.39 is 5.41 Å². The smallest absolute Gasteiger partial charge is 0.229 e. The number of ether oxygens (including phenoxy) is 1. The van der Waals surface area contributed by atoms with Crippen LogP contribution in [0, 0.1) is 11.3 Å². The molecule has 2 saturated heterocycles. The summed E-state index contributed by atoms with van der Waals surface area (Å²) in [5, 5.41) is 3.06. The van der Waals surface area contributed by atoms with Crippen molar-refractivity contribution in [2.45, 2.75) is 26.3 Å². The first kappa shape index (κ1) is 13.8. The Labute approximate surface area is 109 Å². The molecule has 0 spiro atoms. The van der Waals surface area contributed by atoms with Gasteiger partial charge in [-0.25, -0.2) is 0 Å². The molecule has 0 aromatic carbocycles. The molecule has 3 N–H and O–H groups in total. The molecule has 3 atom stereocenters. The van der Waals surface area contributed by atoms with Crippen molar-refractivity contribution in [1.82, 2.24) is 10.2 Å². The summed E-state index contributed by atoms with van der Waals surface area (Å²) in [4.78, 5) is 14.6. The number of hydrogen-bond acceptors (Lipinski definition) is 4. The molecule has 104 valence electrons. The molecule has 5 heteroatoms. The standard InChI is InChI=1S/C13H25N3O2/c1-3-16-5-4-10(7-16)6-15-12(17)13(2)9-18-8-11(13)14/h10-11H,3-9,14H2,1-2H3,(H,15,17). The monoisotopic (exact) mass is 255 g/mol. The Morgan fingerprint density at radius 1 is 1.61 bits per heavy atom. The highest BCUT2D eigenvalue weighted by Gasteiger charge is 2.44. The molecule has 18 heavy (non-hydrogen) atoms. The minimum atomic E-state index is -0.553. The van der Waals surface area contributed by atoms with Crippen LogP contribution in [0.5, 0.6) is 0 Å². The summed E-state index contributed by atoms with van der Waals surface area (Å²) in [7, 11) is 0. The second-order valence-corrected chi connectivity index (χ2v) is 5.80. The van der Waals surface area contributed by atoms with Gasteiger partial charge in [0.15, 0.2) is 0 Å². The zero-order valence-electron chi connectivity index (χ0n) is 11.4. The van der Waals surface area contributed by atoms with Crippen molar-refractivity contribution in [3.8, 4) is 0 Å². The van der Waals surface area contributed by atoms with E-state index in [9.17, 15) is 4.79 Å². The molecule has 0 aromatic rings. The fourth-order valence-corrected chi connectivity index (χ4v) is 2.73. The summed E-state index contributed by atoms with van der Waals surface area (Å²) in [6, 6.07) is -0.187. The summed E-state index contributed by atoms with van der Waals surface area (Å²) < 4.78 is 5.31. The minimum Gasteiger partial charge on any atom is -0.379 e. The van der Waals surface area contributed by atoms with E-state index in [2.05, 4.69) is 17.1 Å². The summed E-state index contributed by atoms with van der Waals surface area (Å²) in [6.45, 7) is 9.10. The van der Waals surface area contributed by atoms with Crippen molar-refractivity contribution in [2.75, 3.05) is 39.4 Å². The summed E-state index contributed by atoms with van der Waals surface area (Å²) >= 11 is 0. The maximum atomic E-state index is 12.2. The van der Waals surface area contributed by atoms with Gasteiger partial charge in [0.2, 0.25) is 5.91 Å². The number of hydrogen-bond donors (Lipinski definition) is 2. The number of nitrogens with one attached hydrogen (secondary N) is 1. The molecule has 5 nitrogen and oxygen atoms in total. The fraction of sp³-hybridized carbons (Fsp3) is 0.923. The van der Waals surface area contributed by atoms with Crippen LogP contribution >= 0.6 is 0 Å². The molecule has 2 aliphatic heterocycles. The average molecular weight is 255 g/mol. The average Bonchev–Trinajstić information content (AvgIpc) is 2.95. The third kappa shape index (κ3) is 2.68. The molecule has 1 amide bonds. The molecule has 0 aliphatic carbocycles. The van der Waals surface area contributed by atoms with Gasteiger partial charge in [-0.15, -0.1) is 0 Å². The van der Waals surface area contributed by atoms with Crippen LogP contribution in [0.2, 0.25) is 0 Å². The lowest BCUT2D eigenvalue weighted by atomic mass is 9.84. The van der Waals surface area contributed by atoms with Crippen molar-refractivity contribution in [3.63, 3.8) is 0 Å². The molecule has 0 aromatic heterocycles. The van der Waals surface area contributed by atoms with Crippen molar-refractivity contribution < 1.29 is 9.53 Å². The highest BCUT2D eigenvalue weighted by atomic mass is 16.5. The Morgan fingerprint density at radius 2 is 2.39 bits per heavy atom. The van der Waals surface area contributed by atoms with E-state index >= 15 is 0 Å². The van der Waals surface area contributed by atoms with Gasteiger partial charge in [0.25, 0.3) is 0 Å². The first-order valence-corrected chi connectivity index (χ1v) is 6.90. The number of likely N-dealkylation sites (tertiary alicyclic amines) is 1. The summed E-state index contributed by atoms with van der Waals surface area (Å²) in [5.41, 5.74) is 5.39. The maximum absolute atomic E-state index is 12.2. The molecule has 2 rings (SSSR count). The predicted octanol–water partition coefficient (Wildman–Crippen LogP) is -0.192. The van der Waals surface area contributed by atoms with Crippen molar-refractivity contribution in [1.29, 1.82) is 0 Å². The van der Waals surface area contributed by atoms with Crippen molar-refractivity contribution in [3.05, 3.63) is 0 Å². The molecular weight excluding hydrogens is 230 g/mol. The SMILES string of the molecule is CCN1CCC(CNC(=O)C2(C)COCC2N)C1. The second-order valence-electron chi connectivity index (χ2n) is 5.80. The first-order chi connectivity index (χ1) is 8.56. The summed E-state index contributed by atoms with van der Waals surface area (Å²) in [6.07, 6.45) is 1.17. The van der Waals surface area contributed by atoms with Crippen LogP contribution in [-0.4, -0.2) is 56.2 Å². The van der Waals surface area contributed by atoms with Gasteiger partial charge in [-0.3, -0.25) is 4.79 Å². The largest absolute Gasteiger partial charge is 0.379 e. The highest BCUT2D eigenvalue weighted by molar-refractivity contribution is 5.83. The van der Waals surface area contributed by atoms with E-state index in [1.165, 1.54) is 6.42 Å². The van der Waals surface area contributed by atoms with Crippen LogP contribution in [0.15, 0.2) is 0 Å². The van der Waals surface area contributed by atoms with Gasteiger partial charge >= 0.3 is 0 Å². The Kier molecular flexibility index (Phi) is 4.25. The molecule has 0 radical (unpaired) electrons. The molecule has 2 heterocycles. The minimum absolute atomic E-state index is 0.0439. The van der Waals surface area contributed by atoms with Crippen molar-refractivity contribution >= 4 is 5.91 Å². The molecule has 0 bridgehead atoms. The van der Waals surface area contributed by atoms with Crippen LogP contribution in [0.1, 0.15) is 20.3 Å². The number of carbonyl (C=O) groups excluding carboxylic acids is 1. The number of nitrogens with two attached hydrogens (primary N) is 1. The molecule has 3 unspecified atom stereocenters. The number of carbonyl (C=O) groups is 1. The van der Waals surface area contributed by atoms with E-state index in [-0.39, 0.29) is 11.9 Å². The Bertz CT molecular complexity index is 311. The van der Waals surface area contributed by atoms with Gasteiger partial charge < -0.3 is 20.7 Å². The van der Waals surface area contributed by atoms with Crippen LogP contribution in [-0.2, 0) is 9.53 Å². The molecular formula is C13H25N3O2. The Balaban J connectivity index is 1.78.